The summed E-state index contributed by atoms with van der Waals surface area (Å²) in [5.74, 6) is 1.18. The number of H-pyrrole nitrogens is 1. The number of aryl methyl sites for hydroxylation is 1. The summed E-state index contributed by atoms with van der Waals surface area (Å²) in [6.07, 6.45) is 0. The Morgan fingerprint density at radius 1 is 1.42 bits per heavy atom. The van der Waals surface area contributed by atoms with Crippen LogP contribution < -0.4 is 10.1 Å². The van der Waals surface area contributed by atoms with E-state index in [-0.39, 0.29) is 5.91 Å². The number of aromatic nitrogens is 1. The maximum atomic E-state index is 12.1. The number of hydrogen-bond acceptors (Lipinski definition) is 2. The van der Waals surface area contributed by atoms with E-state index < -0.39 is 0 Å². The average Bonchev–Trinajstić information content (AvgIpc) is 2.73. The van der Waals surface area contributed by atoms with E-state index in [1.54, 1.807) is 7.11 Å². The van der Waals surface area contributed by atoms with Gasteiger partial charge >= 0.3 is 0 Å². The van der Waals surface area contributed by atoms with Crippen LogP contribution >= 0.6 is 0 Å². The zero-order valence-corrected chi connectivity index (χ0v) is 11.8. The van der Waals surface area contributed by atoms with Crippen molar-refractivity contribution in [1.29, 1.82) is 0 Å². The van der Waals surface area contributed by atoms with Gasteiger partial charge in [0.2, 0.25) is 0 Å². The van der Waals surface area contributed by atoms with Crippen molar-refractivity contribution in [2.75, 3.05) is 13.7 Å². The number of benzene rings is 1. The van der Waals surface area contributed by atoms with Crippen LogP contribution in [0.4, 0.5) is 0 Å². The molecule has 1 aromatic carbocycles. The van der Waals surface area contributed by atoms with Crippen molar-refractivity contribution in [1.82, 2.24) is 10.3 Å². The van der Waals surface area contributed by atoms with Gasteiger partial charge in [0, 0.05) is 17.4 Å². The standard InChI is InChI=1S/C15H20N2O2/c1-9(2)8-16-15(18)14-10(3)12-7-11(19-4)5-6-13(12)17-14/h5-7,9,17H,8H2,1-4H3,(H,16,18). The summed E-state index contributed by atoms with van der Waals surface area (Å²) in [5.41, 5.74) is 2.53. The highest BCUT2D eigenvalue weighted by Crippen LogP contribution is 2.25. The molecule has 0 aliphatic rings. The molecule has 4 nitrogen and oxygen atoms in total. The fourth-order valence-electron chi connectivity index (χ4n) is 2.04. The molecular weight excluding hydrogens is 240 g/mol. The molecule has 2 aromatic rings. The Bertz CT molecular complexity index is 599. The second-order valence-corrected chi connectivity index (χ2v) is 5.14. The molecule has 0 bridgehead atoms. The van der Waals surface area contributed by atoms with E-state index in [1.165, 1.54) is 0 Å². The van der Waals surface area contributed by atoms with Gasteiger partial charge in [-0.05, 0) is 36.6 Å². The molecule has 0 saturated carbocycles. The first-order valence-corrected chi connectivity index (χ1v) is 6.47. The predicted molar refractivity (Wildman–Crippen MR) is 76.8 cm³/mol. The van der Waals surface area contributed by atoms with Crippen molar-refractivity contribution >= 4 is 16.8 Å². The number of methoxy groups -OCH3 is 1. The molecule has 1 heterocycles. The predicted octanol–water partition coefficient (Wildman–Crippen LogP) is 2.87. The third kappa shape index (κ3) is 2.72. The minimum Gasteiger partial charge on any atom is -0.497 e. The SMILES string of the molecule is COc1ccc2[nH]c(C(=O)NCC(C)C)c(C)c2c1. The van der Waals surface area contributed by atoms with Gasteiger partial charge in [-0.15, -0.1) is 0 Å². The Morgan fingerprint density at radius 3 is 2.79 bits per heavy atom. The third-order valence-electron chi connectivity index (χ3n) is 3.16. The molecule has 0 aliphatic heterocycles. The zero-order chi connectivity index (χ0) is 14.0. The van der Waals surface area contributed by atoms with E-state index in [0.29, 0.717) is 18.2 Å². The van der Waals surface area contributed by atoms with Crippen LogP contribution in [0.15, 0.2) is 18.2 Å². The molecule has 1 amide bonds. The van der Waals surface area contributed by atoms with Gasteiger partial charge in [0.05, 0.1) is 7.11 Å². The summed E-state index contributed by atoms with van der Waals surface area (Å²) >= 11 is 0. The number of fused-ring (bicyclic) bond motifs is 1. The molecule has 0 spiro atoms. The zero-order valence-electron chi connectivity index (χ0n) is 11.8. The first-order chi connectivity index (χ1) is 9.02. The van der Waals surface area contributed by atoms with Crippen molar-refractivity contribution in [3.8, 4) is 5.75 Å². The number of carbonyl (C=O) groups excluding carboxylic acids is 1. The maximum absolute atomic E-state index is 12.1. The fourth-order valence-corrected chi connectivity index (χ4v) is 2.04. The second-order valence-electron chi connectivity index (χ2n) is 5.14. The molecule has 0 fully saturated rings. The van der Waals surface area contributed by atoms with Crippen LogP contribution in [0.5, 0.6) is 5.75 Å². The minimum absolute atomic E-state index is 0.0543. The Hall–Kier alpha value is -1.97. The van der Waals surface area contributed by atoms with Gasteiger partial charge in [-0.2, -0.15) is 0 Å². The van der Waals surface area contributed by atoms with E-state index in [4.69, 9.17) is 4.74 Å². The monoisotopic (exact) mass is 260 g/mol. The lowest BCUT2D eigenvalue weighted by atomic mass is 10.1. The Morgan fingerprint density at radius 2 is 2.16 bits per heavy atom. The topological polar surface area (TPSA) is 54.1 Å². The first kappa shape index (κ1) is 13.5. The Balaban J connectivity index is 2.34. The molecule has 2 rings (SSSR count). The van der Waals surface area contributed by atoms with Crippen LogP contribution in [-0.4, -0.2) is 24.5 Å². The summed E-state index contributed by atoms with van der Waals surface area (Å²) in [4.78, 5) is 15.3. The van der Waals surface area contributed by atoms with Gasteiger partial charge in [0.25, 0.3) is 5.91 Å². The number of ether oxygens (including phenoxy) is 1. The van der Waals surface area contributed by atoms with Crippen molar-refractivity contribution < 1.29 is 9.53 Å². The van der Waals surface area contributed by atoms with Gasteiger partial charge in [-0.25, -0.2) is 0 Å². The Kier molecular flexibility index (Phi) is 3.79. The molecule has 1 aromatic heterocycles. The van der Waals surface area contributed by atoms with Crippen molar-refractivity contribution in [3.05, 3.63) is 29.5 Å². The molecule has 0 unspecified atom stereocenters. The lowest BCUT2D eigenvalue weighted by Crippen LogP contribution is -2.28. The largest absolute Gasteiger partial charge is 0.497 e. The summed E-state index contributed by atoms with van der Waals surface area (Å²) in [6.45, 7) is 6.77. The number of aromatic amines is 1. The summed E-state index contributed by atoms with van der Waals surface area (Å²) in [6, 6.07) is 5.76. The van der Waals surface area contributed by atoms with Crippen LogP contribution in [0.2, 0.25) is 0 Å². The van der Waals surface area contributed by atoms with Crippen LogP contribution in [-0.2, 0) is 0 Å². The summed E-state index contributed by atoms with van der Waals surface area (Å²) < 4.78 is 5.21. The van der Waals surface area contributed by atoms with E-state index in [9.17, 15) is 4.79 Å². The maximum Gasteiger partial charge on any atom is 0.268 e. The summed E-state index contributed by atoms with van der Waals surface area (Å²) in [7, 11) is 1.64. The first-order valence-electron chi connectivity index (χ1n) is 6.47. The molecular formula is C15H20N2O2. The van der Waals surface area contributed by atoms with Crippen LogP contribution in [0, 0.1) is 12.8 Å². The average molecular weight is 260 g/mol. The summed E-state index contributed by atoms with van der Waals surface area (Å²) in [5, 5.41) is 3.95. The highest BCUT2D eigenvalue weighted by molar-refractivity contribution is 6.01. The van der Waals surface area contributed by atoms with E-state index in [0.717, 1.165) is 22.2 Å². The molecule has 0 radical (unpaired) electrons. The van der Waals surface area contributed by atoms with Crippen molar-refractivity contribution in [3.63, 3.8) is 0 Å². The second kappa shape index (κ2) is 5.34. The third-order valence-corrected chi connectivity index (χ3v) is 3.16. The molecule has 2 N–H and O–H groups in total. The molecule has 102 valence electrons. The van der Waals surface area contributed by atoms with Crippen LogP contribution in [0.1, 0.15) is 29.9 Å². The molecule has 0 saturated heterocycles. The van der Waals surface area contributed by atoms with Gasteiger partial charge < -0.3 is 15.0 Å². The van der Waals surface area contributed by atoms with Gasteiger partial charge in [0.1, 0.15) is 11.4 Å². The molecule has 19 heavy (non-hydrogen) atoms. The molecule has 0 aliphatic carbocycles. The number of rotatable bonds is 4. The molecule has 4 heteroatoms. The lowest BCUT2D eigenvalue weighted by molar-refractivity contribution is 0.0944. The van der Waals surface area contributed by atoms with Crippen LogP contribution in [0.25, 0.3) is 10.9 Å². The van der Waals surface area contributed by atoms with Gasteiger partial charge in [0.15, 0.2) is 0 Å². The minimum atomic E-state index is -0.0543. The number of hydrogen-bond donors (Lipinski definition) is 2. The van der Waals surface area contributed by atoms with E-state index >= 15 is 0 Å². The Labute approximate surface area is 113 Å². The van der Waals surface area contributed by atoms with Crippen molar-refractivity contribution in [2.45, 2.75) is 20.8 Å². The smallest absolute Gasteiger partial charge is 0.268 e. The lowest BCUT2D eigenvalue weighted by Gasteiger charge is -2.06. The quantitative estimate of drug-likeness (QED) is 0.888. The highest BCUT2D eigenvalue weighted by atomic mass is 16.5. The van der Waals surface area contributed by atoms with E-state index in [2.05, 4.69) is 24.1 Å². The normalized spacial score (nSPS) is 11.0. The van der Waals surface area contributed by atoms with Crippen LogP contribution in [0.3, 0.4) is 0 Å². The highest BCUT2D eigenvalue weighted by Gasteiger charge is 2.15. The van der Waals surface area contributed by atoms with Gasteiger partial charge in [-0.1, -0.05) is 13.8 Å². The van der Waals surface area contributed by atoms with E-state index in [1.807, 2.05) is 25.1 Å². The fraction of sp³-hybridized carbons (Fsp3) is 0.400. The molecule has 0 atom stereocenters. The van der Waals surface area contributed by atoms with Crippen molar-refractivity contribution in [2.24, 2.45) is 5.92 Å². The number of nitrogens with one attached hydrogen (secondary N) is 2. The number of carbonyl (C=O) groups is 1. The van der Waals surface area contributed by atoms with Gasteiger partial charge in [-0.3, -0.25) is 4.79 Å². The number of amides is 1.